The first-order valence-electron chi connectivity index (χ1n) is 5.28. The van der Waals surface area contributed by atoms with Crippen molar-refractivity contribution in [2.45, 2.75) is 25.4 Å². The summed E-state index contributed by atoms with van der Waals surface area (Å²) >= 11 is 0. The lowest BCUT2D eigenvalue weighted by atomic mass is 10.1. The smallest absolute Gasteiger partial charge is 0.0682 e. The highest BCUT2D eigenvalue weighted by molar-refractivity contribution is 5.16. The monoisotopic (exact) mass is 193 g/mol. The van der Waals surface area contributed by atoms with Gasteiger partial charge in [0, 0.05) is 25.6 Å². The van der Waals surface area contributed by atoms with Crippen LogP contribution in [0.25, 0.3) is 0 Å². The average molecular weight is 193 g/mol. The van der Waals surface area contributed by atoms with E-state index in [0.29, 0.717) is 5.92 Å². The molecule has 1 aromatic heterocycles. The number of aromatic nitrogens is 2. The van der Waals surface area contributed by atoms with E-state index in [1.54, 1.807) is 0 Å². The number of nitrogens with one attached hydrogen (secondary N) is 1. The van der Waals surface area contributed by atoms with Crippen molar-refractivity contribution >= 4 is 0 Å². The number of hydrogen-bond donors (Lipinski definition) is 1. The summed E-state index contributed by atoms with van der Waals surface area (Å²) < 4.78 is 7.51. The second-order valence-corrected chi connectivity index (χ2v) is 4.02. The first-order valence-corrected chi connectivity index (χ1v) is 5.28. The zero-order valence-corrected chi connectivity index (χ0v) is 8.20. The van der Waals surface area contributed by atoms with Crippen LogP contribution < -0.4 is 5.32 Å². The normalized spacial score (nSPS) is 26.4. The molecule has 4 heteroatoms. The number of hydrogen-bond acceptors (Lipinski definition) is 3. The molecule has 3 rings (SSSR count). The van der Waals surface area contributed by atoms with Crippen molar-refractivity contribution in [1.29, 1.82) is 0 Å². The second kappa shape index (κ2) is 3.37. The van der Waals surface area contributed by atoms with Crippen LogP contribution in [-0.2, 0) is 17.8 Å². The van der Waals surface area contributed by atoms with Gasteiger partial charge >= 0.3 is 0 Å². The lowest BCUT2D eigenvalue weighted by Crippen LogP contribution is -2.28. The maximum atomic E-state index is 5.38. The summed E-state index contributed by atoms with van der Waals surface area (Å²) in [5.74, 6) is 0.535. The molecule has 1 saturated heterocycles. The molecule has 0 bridgehead atoms. The third kappa shape index (κ3) is 1.35. The Hall–Kier alpha value is -0.870. The summed E-state index contributed by atoms with van der Waals surface area (Å²) in [5, 5.41) is 7.98. The van der Waals surface area contributed by atoms with Gasteiger partial charge in [-0.3, -0.25) is 4.68 Å². The first kappa shape index (κ1) is 8.44. The SMILES string of the molecule is c1c([C@H]2CCOC2)nn2c1CNCC2. The van der Waals surface area contributed by atoms with Crippen LogP contribution in [0, 0.1) is 0 Å². The Balaban J connectivity index is 1.87. The Morgan fingerprint density at radius 2 is 2.57 bits per heavy atom. The van der Waals surface area contributed by atoms with Gasteiger partial charge in [-0.25, -0.2) is 0 Å². The maximum Gasteiger partial charge on any atom is 0.0682 e. The summed E-state index contributed by atoms with van der Waals surface area (Å²) in [4.78, 5) is 0. The van der Waals surface area contributed by atoms with Gasteiger partial charge in [0.15, 0.2) is 0 Å². The minimum absolute atomic E-state index is 0.535. The molecule has 0 saturated carbocycles. The molecule has 1 atom stereocenters. The van der Waals surface area contributed by atoms with Crippen LogP contribution in [0.15, 0.2) is 6.07 Å². The predicted octanol–water partition coefficient (Wildman–Crippen LogP) is 0.490. The van der Waals surface area contributed by atoms with Crippen LogP contribution in [0.1, 0.15) is 23.7 Å². The first-order chi connectivity index (χ1) is 6.93. The molecule has 76 valence electrons. The van der Waals surface area contributed by atoms with Crippen molar-refractivity contribution in [3.8, 4) is 0 Å². The van der Waals surface area contributed by atoms with Crippen molar-refractivity contribution in [2.75, 3.05) is 19.8 Å². The van der Waals surface area contributed by atoms with Gasteiger partial charge in [0.2, 0.25) is 0 Å². The molecule has 1 N–H and O–H groups in total. The number of ether oxygens (including phenoxy) is 1. The van der Waals surface area contributed by atoms with Gasteiger partial charge in [-0.1, -0.05) is 0 Å². The van der Waals surface area contributed by atoms with E-state index in [1.807, 2.05) is 0 Å². The predicted molar refractivity (Wildman–Crippen MR) is 52.1 cm³/mol. The van der Waals surface area contributed by atoms with E-state index >= 15 is 0 Å². The van der Waals surface area contributed by atoms with Gasteiger partial charge in [-0.05, 0) is 12.5 Å². The van der Waals surface area contributed by atoms with Gasteiger partial charge in [-0.15, -0.1) is 0 Å². The van der Waals surface area contributed by atoms with E-state index in [0.717, 1.165) is 39.3 Å². The number of rotatable bonds is 1. The van der Waals surface area contributed by atoms with Crippen LogP contribution in [-0.4, -0.2) is 29.5 Å². The lowest BCUT2D eigenvalue weighted by molar-refractivity contribution is 0.193. The van der Waals surface area contributed by atoms with Crippen molar-refractivity contribution < 1.29 is 4.74 Å². The van der Waals surface area contributed by atoms with Gasteiger partial charge in [-0.2, -0.15) is 5.10 Å². The fourth-order valence-electron chi connectivity index (χ4n) is 2.18. The fourth-order valence-corrected chi connectivity index (χ4v) is 2.18. The fraction of sp³-hybridized carbons (Fsp3) is 0.700. The quantitative estimate of drug-likeness (QED) is 0.705. The van der Waals surface area contributed by atoms with Crippen LogP contribution in [0.4, 0.5) is 0 Å². The molecule has 2 aliphatic rings. The minimum atomic E-state index is 0.535. The van der Waals surface area contributed by atoms with E-state index in [1.165, 1.54) is 11.4 Å². The Kier molecular flexibility index (Phi) is 2.03. The average Bonchev–Trinajstić information content (AvgIpc) is 2.86. The molecule has 2 aliphatic heterocycles. The zero-order chi connectivity index (χ0) is 9.38. The van der Waals surface area contributed by atoms with Crippen molar-refractivity contribution in [2.24, 2.45) is 0 Å². The molecule has 14 heavy (non-hydrogen) atoms. The van der Waals surface area contributed by atoms with E-state index in [4.69, 9.17) is 4.74 Å². The summed E-state index contributed by atoms with van der Waals surface area (Å²) in [7, 11) is 0. The molecular weight excluding hydrogens is 178 g/mol. The van der Waals surface area contributed by atoms with Crippen LogP contribution in [0.3, 0.4) is 0 Å². The zero-order valence-electron chi connectivity index (χ0n) is 8.20. The third-order valence-electron chi connectivity index (χ3n) is 3.04. The van der Waals surface area contributed by atoms with E-state index < -0.39 is 0 Å². The Labute approximate surface area is 83.2 Å². The highest BCUT2D eigenvalue weighted by Gasteiger charge is 2.22. The molecule has 3 heterocycles. The molecule has 1 fully saturated rings. The van der Waals surface area contributed by atoms with Crippen LogP contribution >= 0.6 is 0 Å². The van der Waals surface area contributed by atoms with Crippen molar-refractivity contribution in [3.63, 3.8) is 0 Å². The van der Waals surface area contributed by atoms with Crippen LogP contribution in [0.2, 0.25) is 0 Å². The number of fused-ring (bicyclic) bond motifs is 1. The van der Waals surface area contributed by atoms with E-state index in [9.17, 15) is 0 Å². The van der Waals surface area contributed by atoms with Gasteiger partial charge < -0.3 is 10.1 Å². The largest absolute Gasteiger partial charge is 0.381 e. The standard InChI is InChI=1S/C10H15N3O/c1-4-14-7-8(1)10-5-9-6-11-2-3-13(9)12-10/h5,8,11H,1-4,6-7H2/t8-/m0/s1. The topological polar surface area (TPSA) is 39.1 Å². The highest BCUT2D eigenvalue weighted by Crippen LogP contribution is 2.25. The Bertz CT molecular complexity index is 305. The second-order valence-electron chi connectivity index (χ2n) is 4.02. The Morgan fingerprint density at radius 3 is 3.36 bits per heavy atom. The summed E-state index contributed by atoms with van der Waals surface area (Å²) in [5.41, 5.74) is 2.54. The van der Waals surface area contributed by atoms with E-state index in [-0.39, 0.29) is 0 Å². The molecule has 0 spiro atoms. The molecule has 0 radical (unpaired) electrons. The summed E-state index contributed by atoms with van der Waals surface area (Å²) in [6.07, 6.45) is 1.13. The molecular formula is C10H15N3O. The molecule has 0 aromatic carbocycles. The molecule has 0 aliphatic carbocycles. The van der Waals surface area contributed by atoms with Crippen molar-refractivity contribution in [1.82, 2.24) is 15.1 Å². The number of nitrogens with zero attached hydrogens (tertiary/aromatic N) is 2. The summed E-state index contributed by atoms with van der Waals surface area (Å²) in [6.45, 7) is 4.74. The van der Waals surface area contributed by atoms with Gasteiger partial charge in [0.25, 0.3) is 0 Å². The highest BCUT2D eigenvalue weighted by atomic mass is 16.5. The minimum Gasteiger partial charge on any atom is -0.381 e. The molecule has 4 nitrogen and oxygen atoms in total. The summed E-state index contributed by atoms with van der Waals surface area (Å²) in [6, 6.07) is 2.23. The van der Waals surface area contributed by atoms with Gasteiger partial charge in [0.05, 0.1) is 24.5 Å². The van der Waals surface area contributed by atoms with Crippen LogP contribution in [0.5, 0.6) is 0 Å². The molecule has 0 unspecified atom stereocenters. The van der Waals surface area contributed by atoms with Gasteiger partial charge in [0.1, 0.15) is 0 Å². The van der Waals surface area contributed by atoms with E-state index in [2.05, 4.69) is 21.2 Å². The maximum absolute atomic E-state index is 5.38. The van der Waals surface area contributed by atoms with Crippen molar-refractivity contribution in [3.05, 3.63) is 17.5 Å². The lowest BCUT2D eigenvalue weighted by Gasteiger charge is -2.13. The Morgan fingerprint density at radius 1 is 1.57 bits per heavy atom. The third-order valence-corrected chi connectivity index (χ3v) is 3.04. The molecule has 0 amide bonds. The molecule has 1 aromatic rings.